The Morgan fingerprint density at radius 3 is 2.33 bits per heavy atom. The van der Waals surface area contributed by atoms with Gasteiger partial charge in [-0.15, -0.1) is 0 Å². The minimum atomic E-state index is -1.02. The number of hydrogen-bond acceptors (Lipinski definition) is 3. The van der Waals surface area contributed by atoms with Crippen molar-refractivity contribution >= 4 is 23.3 Å². The van der Waals surface area contributed by atoms with E-state index in [1.54, 1.807) is 24.3 Å². The number of carboxylic acids is 1. The Balaban J connectivity index is 2.42. The summed E-state index contributed by atoms with van der Waals surface area (Å²) in [5.41, 5.74) is 2.90. The van der Waals surface area contributed by atoms with E-state index in [1.165, 1.54) is 6.07 Å². The Labute approximate surface area is 141 Å². The third kappa shape index (κ3) is 3.74. The summed E-state index contributed by atoms with van der Waals surface area (Å²) < 4.78 is 0. The molecule has 0 aromatic heterocycles. The normalized spacial score (nSPS) is 10.3. The predicted octanol–water partition coefficient (Wildman–Crippen LogP) is 3.79. The highest BCUT2D eigenvalue weighted by Crippen LogP contribution is 2.28. The van der Waals surface area contributed by atoms with Gasteiger partial charge in [-0.3, -0.25) is 4.79 Å². The quantitative estimate of drug-likeness (QED) is 0.847. The van der Waals surface area contributed by atoms with Gasteiger partial charge in [0.05, 0.1) is 16.9 Å². The number of nitrogens with zero attached hydrogens (tertiary/aromatic N) is 1. The number of anilines is 2. The summed E-state index contributed by atoms with van der Waals surface area (Å²) in [6, 6.07) is 12.1. The highest BCUT2D eigenvalue weighted by atomic mass is 16.4. The fourth-order valence-electron chi connectivity index (χ4n) is 2.63. The van der Waals surface area contributed by atoms with Crippen LogP contribution in [0.2, 0.25) is 0 Å². The van der Waals surface area contributed by atoms with Gasteiger partial charge in [0.15, 0.2) is 0 Å². The lowest BCUT2D eigenvalue weighted by Gasteiger charge is -2.24. The van der Waals surface area contributed by atoms with Crippen LogP contribution in [0.1, 0.15) is 40.1 Å². The van der Waals surface area contributed by atoms with Crippen molar-refractivity contribution in [3.63, 3.8) is 0 Å². The zero-order valence-corrected chi connectivity index (χ0v) is 14.2. The summed E-state index contributed by atoms with van der Waals surface area (Å²) in [6.45, 7) is 7.42. The van der Waals surface area contributed by atoms with Crippen molar-refractivity contribution in [3.8, 4) is 0 Å². The first-order valence-electron chi connectivity index (χ1n) is 7.97. The Kier molecular flexibility index (Phi) is 5.58. The minimum Gasteiger partial charge on any atom is -0.478 e. The molecule has 0 saturated carbocycles. The molecular formula is C19H22N2O3. The molecule has 5 heteroatoms. The monoisotopic (exact) mass is 326 g/mol. The van der Waals surface area contributed by atoms with Crippen LogP contribution in [-0.4, -0.2) is 30.1 Å². The molecule has 0 aliphatic rings. The van der Waals surface area contributed by atoms with Crippen molar-refractivity contribution in [1.29, 1.82) is 0 Å². The van der Waals surface area contributed by atoms with Crippen molar-refractivity contribution in [2.24, 2.45) is 0 Å². The van der Waals surface area contributed by atoms with E-state index in [4.69, 9.17) is 0 Å². The third-order valence-corrected chi connectivity index (χ3v) is 3.99. The number of hydrogen-bond donors (Lipinski definition) is 2. The van der Waals surface area contributed by atoms with Gasteiger partial charge in [-0.2, -0.15) is 0 Å². The van der Waals surface area contributed by atoms with Crippen LogP contribution in [0.15, 0.2) is 42.5 Å². The van der Waals surface area contributed by atoms with Crippen LogP contribution in [0.5, 0.6) is 0 Å². The first kappa shape index (κ1) is 17.5. The van der Waals surface area contributed by atoms with Crippen LogP contribution < -0.4 is 10.2 Å². The van der Waals surface area contributed by atoms with E-state index in [9.17, 15) is 14.7 Å². The van der Waals surface area contributed by atoms with E-state index >= 15 is 0 Å². The molecule has 0 aliphatic heterocycles. The summed E-state index contributed by atoms with van der Waals surface area (Å²) in [6.07, 6.45) is 0. The topological polar surface area (TPSA) is 69.6 Å². The Hall–Kier alpha value is -2.82. The highest BCUT2D eigenvalue weighted by Gasteiger charge is 2.16. The number of amides is 1. The first-order chi connectivity index (χ1) is 11.5. The molecule has 2 aromatic rings. The highest BCUT2D eigenvalue weighted by molar-refractivity contribution is 6.07. The van der Waals surface area contributed by atoms with E-state index in [1.807, 2.05) is 32.9 Å². The second-order valence-electron chi connectivity index (χ2n) is 5.48. The molecule has 2 N–H and O–H groups in total. The fourth-order valence-corrected chi connectivity index (χ4v) is 2.63. The van der Waals surface area contributed by atoms with Crippen molar-refractivity contribution < 1.29 is 14.7 Å². The third-order valence-electron chi connectivity index (χ3n) is 3.99. The van der Waals surface area contributed by atoms with Gasteiger partial charge in [0.25, 0.3) is 5.91 Å². The maximum Gasteiger partial charge on any atom is 0.335 e. The van der Waals surface area contributed by atoms with Gasteiger partial charge < -0.3 is 15.3 Å². The molecule has 24 heavy (non-hydrogen) atoms. The van der Waals surface area contributed by atoms with E-state index in [0.717, 1.165) is 24.3 Å². The molecule has 0 fully saturated rings. The predicted molar refractivity (Wildman–Crippen MR) is 96.1 cm³/mol. The van der Waals surface area contributed by atoms with Gasteiger partial charge in [-0.05, 0) is 50.6 Å². The fraction of sp³-hybridized carbons (Fsp3) is 0.263. The molecule has 0 aliphatic carbocycles. The number of carbonyl (C=O) groups excluding carboxylic acids is 1. The molecule has 1 amide bonds. The van der Waals surface area contributed by atoms with Crippen LogP contribution in [0.25, 0.3) is 0 Å². The van der Waals surface area contributed by atoms with Crippen molar-refractivity contribution in [1.82, 2.24) is 0 Å². The Morgan fingerprint density at radius 1 is 1.08 bits per heavy atom. The number of carboxylic acid groups (broad SMARTS) is 1. The molecule has 0 bridgehead atoms. The van der Waals surface area contributed by atoms with Gasteiger partial charge in [-0.1, -0.05) is 18.2 Å². The van der Waals surface area contributed by atoms with Gasteiger partial charge in [0.2, 0.25) is 0 Å². The number of carbonyl (C=O) groups is 2. The largest absolute Gasteiger partial charge is 0.478 e. The van der Waals surface area contributed by atoms with Crippen LogP contribution in [-0.2, 0) is 0 Å². The van der Waals surface area contributed by atoms with Gasteiger partial charge in [0, 0.05) is 18.7 Å². The van der Waals surface area contributed by atoms with E-state index in [2.05, 4.69) is 10.2 Å². The maximum atomic E-state index is 12.6. The van der Waals surface area contributed by atoms with Crippen LogP contribution in [0.4, 0.5) is 11.4 Å². The lowest BCUT2D eigenvalue weighted by atomic mass is 10.1. The number of nitrogens with one attached hydrogen (secondary N) is 1. The summed E-state index contributed by atoms with van der Waals surface area (Å²) in [4.78, 5) is 25.9. The van der Waals surface area contributed by atoms with Gasteiger partial charge >= 0.3 is 5.97 Å². The SMILES string of the molecule is CCN(CC)c1ccc(C(=O)O)cc1NC(=O)c1ccccc1C. The zero-order valence-electron chi connectivity index (χ0n) is 14.2. The molecule has 0 unspecified atom stereocenters. The smallest absolute Gasteiger partial charge is 0.335 e. The summed E-state index contributed by atoms with van der Waals surface area (Å²) in [7, 11) is 0. The van der Waals surface area contributed by atoms with Crippen LogP contribution in [0, 0.1) is 6.92 Å². The van der Waals surface area contributed by atoms with Crippen LogP contribution >= 0.6 is 0 Å². The second-order valence-corrected chi connectivity index (χ2v) is 5.48. The minimum absolute atomic E-state index is 0.144. The second kappa shape index (κ2) is 7.64. The van der Waals surface area contributed by atoms with E-state index in [-0.39, 0.29) is 11.5 Å². The summed E-state index contributed by atoms with van der Waals surface area (Å²) in [5, 5.41) is 12.1. The molecule has 0 spiro atoms. The summed E-state index contributed by atoms with van der Waals surface area (Å²) in [5.74, 6) is -1.27. The lowest BCUT2D eigenvalue weighted by Crippen LogP contribution is -2.24. The molecule has 0 radical (unpaired) electrons. The standard InChI is InChI=1S/C19H22N2O3/c1-4-21(5-2)17-11-10-14(19(23)24)12-16(17)20-18(22)15-9-7-6-8-13(15)3/h6-12H,4-5H2,1-3H3,(H,20,22)(H,23,24). The van der Waals surface area contributed by atoms with Crippen LogP contribution in [0.3, 0.4) is 0 Å². The molecule has 0 atom stereocenters. The van der Waals surface area contributed by atoms with E-state index in [0.29, 0.717) is 11.3 Å². The maximum absolute atomic E-state index is 12.6. The van der Waals surface area contributed by atoms with Gasteiger partial charge in [0.1, 0.15) is 0 Å². The molecule has 0 heterocycles. The molecular weight excluding hydrogens is 304 g/mol. The molecule has 0 saturated heterocycles. The molecule has 2 aromatic carbocycles. The summed E-state index contributed by atoms with van der Waals surface area (Å²) >= 11 is 0. The average Bonchev–Trinajstić information content (AvgIpc) is 2.57. The van der Waals surface area contributed by atoms with Crippen molar-refractivity contribution in [3.05, 3.63) is 59.2 Å². The van der Waals surface area contributed by atoms with Crippen molar-refractivity contribution in [2.45, 2.75) is 20.8 Å². The molecule has 2 rings (SSSR count). The Morgan fingerprint density at radius 2 is 1.75 bits per heavy atom. The number of aromatic carboxylic acids is 1. The number of rotatable bonds is 6. The molecule has 126 valence electrons. The molecule has 5 nitrogen and oxygen atoms in total. The Bertz CT molecular complexity index is 752. The zero-order chi connectivity index (χ0) is 17.7. The van der Waals surface area contributed by atoms with Crippen molar-refractivity contribution in [2.75, 3.05) is 23.3 Å². The van der Waals surface area contributed by atoms with E-state index < -0.39 is 5.97 Å². The number of aryl methyl sites for hydroxylation is 1. The number of benzene rings is 2. The lowest BCUT2D eigenvalue weighted by molar-refractivity contribution is 0.0696. The first-order valence-corrected chi connectivity index (χ1v) is 7.97. The van der Waals surface area contributed by atoms with Gasteiger partial charge in [-0.25, -0.2) is 4.79 Å². The average molecular weight is 326 g/mol.